The zero-order valence-electron chi connectivity index (χ0n) is 18.1. The largest absolute Gasteiger partial charge is 0.586 e. The van der Waals surface area contributed by atoms with Crippen LogP contribution in [0.25, 0.3) is 6.08 Å². The van der Waals surface area contributed by atoms with E-state index in [-0.39, 0.29) is 23.4 Å². The number of carbonyl (C=O) groups excluding carboxylic acids is 1. The fourth-order valence-corrected chi connectivity index (χ4v) is 3.44. The minimum absolute atomic E-state index is 0.0211. The first-order valence-corrected chi connectivity index (χ1v) is 10.5. The van der Waals surface area contributed by atoms with Crippen LogP contribution in [0.1, 0.15) is 15.9 Å². The third kappa shape index (κ3) is 5.93. The number of ether oxygens (including phenoxy) is 4. The quantitative estimate of drug-likeness (QED) is 0.553. The van der Waals surface area contributed by atoms with Gasteiger partial charge in [0.2, 0.25) is 0 Å². The van der Waals surface area contributed by atoms with Crippen molar-refractivity contribution < 1.29 is 32.5 Å². The van der Waals surface area contributed by atoms with Gasteiger partial charge < -0.3 is 23.8 Å². The number of aromatic nitrogens is 2. The van der Waals surface area contributed by atoms with Gasteiger partial charge in [-0.15, -0.1) is 8.78 Å². The fourth-order valence-electron chi connectivity index (χ4n) is 3.44. The minimum atomic E-state index is -3.62. The molecule has 0 aliphatic carbocycles. The Morgan fingerprint density at radius 2 is 1.85 bits per heavy atom. The normalized spacial score (nSPS) is 17.5. The molecule has 176 valence electrons. The maximum atomic E-state index is 13.1. The second-order valence-electron chi connectivity index (χ2n) is 7.46. The number of alkyl halides is 2. The molecule has 0 N–H and O–H groups in total. The van der Waals surface area contributed by atoms with Gasteiger partial charge in [0.1, 0.15) is 6.61 Å². The molecule has 0 radical (unpaired) electrons. The third-order valence-corrected chi connectivity index (χ3v) is 5.15. The van der Waals surface area contributed by atoms with Crippen molar-refractivity contribution in [1.29, 1.82) is 0 Å². The topological polar surface area (TPSA) is 86.3 Å². The molecule has 0 unspecified atom stereocenters. The number of halogens is 2. The third-order valence-electron chi connectivity index (χ3n) is 5.15. The Bertz CT molecular complexity index is 995. The minimum Gasteiger partial charge on any atom is -0.461 e. The molecular formula is C22H24F2N4O5. The van der Waals surface area contributed by atoms with Crippen LogP contribution in [0.3, 0.4) is 0 Å². The lowest BCUT2D eigenvalue weighted by atomic mass is 10.2. The molecular weight excluding hydrogens is 438 g/mol. The summed E-state index contributed by atoms with van der Waals surface area (Å²) in [7, 11) is 1.58. The van der Waals surface area contributed by atoms with E-state index in [1.165, 1.54) is 24.5 Å². The molecule has 33 heavy (non-hydrogen) atoms. The van der Waals surface area contributed by atoms with Gasteiger partial charge in [0.15, 0.2) is 11.5 Å². The Kier molecular flexibility index (Phi) is 6.99. The molecule has 2 aliphatic rings. The van der Waals surface area contributed by atoms with Gasteiger partial charge in [0.05, 0.1) is 12.2 Å². The Morgan fingerprint density at radius 3 is 2.58 bits per heavy atom. The Balaban J connectivity index is 1.23. The van der Waals surface area contributed by atoms with E-state index >= 15 is 0 Å². The predicted molar refractivity (Wildman–Crippen MR) is 113 cm³/mol. The van der Waals surface area contributed by atoms with E-state index in [2.05, 4.69) is 24.3 Å². The summed E-state index contributed by atoms with van der Waals surface area (Å²) in [5.74, 6) is -0.0739. The molecule has 4 rings (SSSR count). The smallest absolute Gasteiger partial charge is 0.461 e. The number of benzene rings is 1. The SMILES string of the molecule is COCCOc1ncc(C(=O)N2CCN(C/C=C/c3ccc4c(c3)OC(F)(F)O4)CC2)cn1. The molecule has 0 spiro atoms. The van der Waals surface area contributed by atoms with Crippen molar-refractivity contribution in [3.8, 4) is 17.5 Å². The molecule has 0 bridgehead atoms. The van der Waals surface area contributed by atoms with Gasteiger partial charge >= 0.3 is 12.3 Å². The first-order valence-electron chi connectivity index (χ1n) is 10.5. The summed E-state index contributed by atoms with van der Waals surface area (Å²) in [5.41, 5.74) is 1.15. The maximum absolute atomic E-state index is 13.1. The van der Waals surface area contributed by atoms with E-state index in [0.717, 1.165) is 5.56 Å². The fraction of sp³-hybridized carbons (Fsp3) is 0.409. The lowest BCUT2D eigenvalue weighted by molar-refractivity contribution is -0.286. The Hall–Kier alpha value is -3.31. The highest BCUT2D eigenvalue weighted by molar-refractivity contribution is 5.93. The first kappa shape index (κ1) is 22.9. The molecule has 11 heteroatoms. The highest BCUT2D eigenvalue weighted by Crippen LogP contribution is 2.41. The van der Waals surface area contributed by atoms with Gasteiger partial charge in [-0.1, -0.05) is 18.2 Å². The molecule has 2 aromatic rings. The molecule has 0 atom stereocenters. The Morgan fingerprint density at radius 1 is 1.12 bits per heavy atom. The van der Waals surface area contributed by atoms with Gasteiger partial charge in [0.25, 0.3) is 5.91 Å². The van der Waals surface area contributed by atoms with Crippen LogP contribution in [0.5, 0.6) is 17.5 Å². The van der Waals surface area contributed by atoms with Crippen molar-refractivity contribution in [3.63, 3.8) is 0 Å². The van der Waals surface area contributed by atoms with Crippen LogP contribution in [-0.4, -0.2) is 85.0 Å². The zero-order valence-corrected chi connectivity index (χ0v) is 18.1. The van der Waals surface area contributed by atoms with Crippen LogP contribution in [-0.2, 0) is 4.74 Å². The van der Waals surface area contributed by atoms with Crippen molar-refractivity contribution in [1.82, 2.24) is 19.8 Å². The number of fused-ring (bicyclic) bond motifs is 1. The van der Waals surface area contributed by atoms with Crippen molar-refractivity contribution in [3.05, 3.63) is 47.8 Å². The molecule has 9 nitrogen and oxygen atoms in total. The summed E-state index contributed by atoms with van der Waals surface area (Å²) in [6.07, 6.45) is 3.10. The number of nitrogens with zero attached hydrogens (tertiary/aromatic N) is 4. The molecule has 1 aromatic carbocycles. The second-order valence-corrected chi connectivity index (χ2v) is 7.46. The number of rotatable bonds is 8. The van der Waals surface area contributed by atoms with Crippen LogP contribution in [0.15, 0.2) is 36.7 Å². The highest BCUT2D eigenvalue weighted by atomic mass is 19.3. The maximum Gasteiger partial charge on any atom is 0.586 e. The van der Waals surface area contributed by atoms with Crippen molar-refractivity contribution in [2.45, 2.75) is 6.29 Å². The van der Waals surface area contributed by atoms with E-state index in [4.69, 9.17) is 9.47 Å². The van der Waals surface area contributed by atoms with E-state index in [0.29, 0.717) is 51.5 Å². The van der Waals surface area contributed by atoms with E-state index in [9.17, 15) is 13.6 Å². The molecule has 0 saturated carbocycles. The average Bonchev–Trinajstić information content (AvgIpc) is 3.13. The monoisotopic (exact) mass is 462 g/mol. The van der Waals surface area contributed by atoms with E-state index < -0.39 is 6.29 Å². The number of methoxy groups -OCH3 is 1. The summed E-state index contributed by atoms with van der Waals surface area (Å²) in [6.45, 7) is 4.02. The van der Waals surface area contributed by atoms with Gasteiger partial charge in [-0.25, -0.2) is 9.97 Å². The summed E-state index contributed by atoms with van der Waals surface area (Å²) >= 11 is 0. The van der Waals surface area contributed by atoms with Gasteiger partial charge in [-0.3, -0.25) is 9.69 Å². The van der Waals surface area contributed by atoms with Crippen LogP contribution < -0.4 is 14.2 Å². The standard InChI is InChI=1S/C22H24F2N4O5/c1-30-11-12-31-21-25-14-17(15-26-21)20(29)28-9-7-27(8-10-28)6-2-3-16-4-5-18-19(13-16)33-22(23,24)32-18/h2-5,13-15H,6-12H2,1H3/b3-2+. The first-order chi connectivity index (χ1) is 15.9. The number of piperazine rings is 1. The summed E-state index contributed by atoms with van der Waals surface area (Å²) in [4.78, 5) is 24.8. The lowest BCUT2D eigenvalue weighted by Gasteiger charge is -2.34. The second kappa shape index (κ2) is 10.1. The number of carbonyl (C=O) groups is 1. The van der Waals surface area contributed by atoms with Gasteiger partial charge in [0, 0.05) is 52.2 Å². The molecule has 2 aliphatic heterocycles. The Labute approximate surface area is 189 Å². The highest BCUT2D eigenvalue weighted by Gasteiger charge is 2.43. The summed E-state index contributed by atoms with van der Waals surface area (Å²) in [5, 5.41) is 0. The van der Waals surface area contributed by atoms with Crippen LogP contribution in [0.4, 0.5) is 8.78 Å². The number of hydrogen-bond acceptors (Lipinski definition) is 8. The van der Waals surface area contributed by atoms with Gasteiger partial charge in [-0.05, 0) is 17.7 Å². The molecule has 1 aromatic heterocycles. The number of hydrogen-bond donors (Lipinski definition) is 0. The predicted octanol–water partition coefficient (Wildman–Crippen LogP) is 2.29. The zero-order chi connectivity index (χ0) is 23.3. The van der Waals surface area contributed by atoms with Crippen molar-refractivity contribution in [2.24, 2.45) is 0 Å². The molecule has 3 heterocycles. The summed E-state index contributed by atoms with van der Waals surface area (Å²) in [6, 6.07) is 4.87. The lowest BCUT2D eigenvalue weighted by Crippen LogP contribution is -2.48. The van der Waals surface area contributed by atoms with E-state index in [1.807, 2.05) is 12.2 Å². The van der Waals surface area contributed by atoms with Crippen molar-refractivity contribution >= 4 is 12.0 Å². The molecule has 1 amide bonds. The molecule has 1 fully saturated rings. The number of amides is 1. The summed E-state index contributed by atoms with van der Waals surface area (Å²) < 4.78 is 45.3. The van der Waals surface area contributed by atoms with E-state index in [1.54, 1.807) is 18.1 Å². The molecule has 1 saturated heterocycles. The van der Waals surface area contributed by atoms with Crippen LogP contribution in [0, 0.1) is 0 Å². The van der Waals surface area contributed by atoms with Crippen LogP contribution in [0.2, 0.25) is 0 Å². The average molecular weight is 462 g/mol. The van der Waals surface area contributed by atoms with Crippen molar-refractivity contribution in [2.75, 3.05) is 53.0 Å². The van der Waals surface area contributed by atoms with Crippen LogP contribution >= 0.6 is 0 Å². The van der Waals surface area contributed by atoms with Gasteiger partial charge in [-0.2, -0.15) is 0 Å².